The van der Waals surface area contributed by atoms with Gasteiger partial charge < -0.3 is 1.43 Å². The first-order valence-corrected chi connectivity index (χ1v) is 5.74. The van der Waals surface area contributed by atoms with Crippen molar-refractivity contribution in [2.75, 3.05) is 6.61 Å². The molecule has 0 fully saturated rings. The molecule has 0 saturated carbocycles. The van der Waals surface area contributed by atoms with E-state index in [0.29, 0.717) is 0 Å². The molecule has 0 bridgehead atoms. The Hall–Kier alpha value is -0.130. The fourth-order valence-corrected chi connectivity index (χ4v) is 1.66. The molecule has 0 heterocycles. The van der Waals surface area contributed by atoms with E-state index in [1.54, 1.807) is 6.92 Å². The van der Waals surface area contributed by atoms with Gasteiger partial charge >= 0.3 is 29.6 Å². The Morgan fingerprint density at radius 3 is 2.47 bits per heavy atom. The van der Waals surface area contributed by atoms with Gasteiger partial charge in [-0.25, -0.2) is 0 Å². The van der Waals surface area contributed by atoms with Gasteiger partial charge in [-0.05, 0) is 18.6 Å². The van der Waals surface area contributed by atoms with Gasteiger partial charge in [0.05, 0.1) is 12.0 Å². The number of rotatable bonds is 4. The smallest absolute Gasteiger partial charge is 1.00 e. The largest absolute Gasteiger partial charge is 1.00 e. The van der Waals surface area contributed by atoms with Crippen LogP contribution in [0.25, 0.3) is 6.08 Å². The monoisotopic (exact) mass is 236 g/mol. The zero-order valence-corrected chi connectivity index (χ0v) is 11.7. The second-order valence-corrected chi connectivity index (χ2v) is 4.11. The van der Waals surface area contributed by atoms with Crippen molar-refractivity contribution in [2.24, 2.45) is 0 Å². The number of benzene rings is 1. The van der Waals surface area contributed by atoms with Crippen molar-refractivity contribution in [3.63, 3.8) is 0 Å². The van der Waals surface area contributed by atoms with E-state index in [-0.39, 0.29) is 37.6 Å². The molecule has 5 heteroatoms. The third-order valence-electron chi connectivity index (χ3n) is 1.51. The van der Waals surface area contributed by atoms with E-state index in [9.17, 15) is 8.42 Å². The van der Waals surface area contributed by atoms with Crippen LogP contribution in [0, 0.1) is 0 Å². The minimum Gasteiger partial charge on any atom is -1.00 e. The van der Waals surface area contributed by atoms with Gasteiger partial charge in [-0.2, -0.15) is 8.42 Å². The first-order chi connectivity index (χ1) is 6.64. The summed E-state index contributed by atoms with van der Waals surface area (Å²) >= 11 is 0. The van der Waals surface area contributed by atoms with Crippen LogP contribution in [-0.2, 0) is 14.3 Å². The molecular weight excluding hydrogens is 223 g/mol. The summed E-state index contributed by atoms with van der Waals surface area (Å²) in [6.45, 7) is 1.79. The van der Waals surface area contributed by atoms with Crippen molar-refractivity contribution in [1.82, 2.24) is 0 Å². The van der Waals surface area contributed by atoms with Crippen molar-refractivity contribution in [2.45, 2.75) is 6.92 Å². The standard InChI is InChI=1S/C10H12O3S.Na.H/c1-2-13-14(11,12)9-8-10-6-4-3-5-7-10;;/h3-9H,2H2,1H3;;/q;+1;-1. The molecule has 0 radical (unpaired) electrons. The van der Waals surface area contributed by atoms with Gasteiger partial charge in [0, 0.05) is 0 Å². The number of hydrogen-bond acceptors (Lipinski definition) is 3. The zero-order chi connectivity index (χ0) is 10.4. The second-order valence-electron chi connectivity index (χ2n) is 2.61. The minimum atomic E-state index is -3.51. The zero-order valence-electron chi connectivity index (χ0n) is 9.88. The SMILES string of the molecule is CCOS(=O)(=O)C=Cc1ccccc1.[H-].[Na+]. The number of hydrogen-bond donors (Lipinski definition) is 0. The van der Waals surface area contributed by atoms with E-state index in [0.717, 1.165) is 11.0 Å². The van der Waals surface area contributed by atoms with Crippen LogP contribution in [0.1, 0.15) is 13.9 Å². The Labute approximate surface area is 114 Å². The van der Waals surface area contributed by atoms with Crippen LogP contribution in [0.2, 0.25) is 0 Å². The summed E-state index contributed by atoms with van der Waals surface area (Å²) in [4.78, 5) is 0. The van der Waals surface area contributed by atoms with Crippen LogP contribution in [-0.4, -0.2) is 15.0 Å². The Morgan fingerprint density at radius 1 is 1.33 bits per heavy atom. The molecule has 0 unspecified atom stereocenters. The summed E-state index contributed by atoms with van der Waals surface area (Å²) in [5.74, 6) is 0. The molecule has 0 atom stereocenters. The quantitative estimate of drug-likeness (QED) is 0.505. The fourth-order valence-electron chi connectivity index (χ4n) is 0.930. The second kappa shape index (κ2) is 7.19. The maximum absolute atomic E-state index is 11.1. The van der Waals surface area contributed by atoms with Crippen molar-refractivity contribution in [1.29, 1.82) is 0 Å². The van der Waals surface area contributed by atoms with Gasteiger partial charge in [-0.1, -0.05) is 30.3 Å². The van der Waals surface area contributed by atoms with Crippen LogP contribution in [0.15, 0.2) is 35.7 Å². The van der Waals surface area contributed by atoms with Crippen LogP contribution < -0.4 is 29.6 Å². The first-order valence-electron chi connectivity index (χ1n) is 4.26. The Bertz CT molecular complexity index is 403. The third kappa shape index (κ3) is 6.12. The molecule has 78 valence electrons. The van der Waals surface area contributed by atoms with Gasteiger partial charge in [0.2, 0.25) is 0 Å². The van der Waals surface area contributed by atoms with E-state index in [1.165, 1.54) is 6.08 Å². The predicted octanol–water partition coefficient (Wildman–Crippen LogP) is -0.860. The molecule has 1 aromatic rings. The van der Waals surface area contributed by atoms with Gasteiger partial charge in [0.1, 0.15) is 0 Å². The summed E-state index contributed by atoms with van der Waals surface area (Å²) in [7, 11) is -3.51. The summed E-state index contributed by atoms with van der Waals surface area (Å²) in [5, 5.41) is 1.06. The summed E-state index contributed by atoms with van der Waals surface area (Å²) < 4.78 is 26.7. The van der Waals surface area contributed by atoms with E-state index < -0.39 is 10.1 Å². The molecule has 0 aliphatic carbocycles. The molecule has 1 rings (SSSR count). The molecule has 0 aromatic heterocycles. The predicted molar refractivity (Wildman–Crippen MR) is 57.1 cm³/mol. The molecule has 0 N–H and O–H groups in total. The fraction of sp³-hybridized carbons (Fsp3) is 0.200. The average molecular weight is 236 g/mol. The van der Waals surface area contributed by atoms with Crippen molar-refractivity contribution >= 4 is 16.2 Å². The molecule has 0 spiro atoms. The van der Waals surface area contributed by atoms with Crippen molar-refractivity contribution in [3.8, 4) is 0 Å². The normalized spacial score (nSPS) is 11.3. The molecule has 0 saturated heterocycles. The molecule has 3 nitrogen and oxygen atoms in total. The van der Waals surface area contributed by atoms with E-state index in [4.69, 9.17) is 0 Å². The Morgan fingerprint density at radius 2 is 1.93 bits per heavy atom. The maximum Gasteiger partial charge on any atom is 1.00 e. The van der Waals surface area contributed by atoms with Crippen LogP contribution >= 0.6 is 0 Å². The Kier molecular flexibility index (Phi) is 7.13. The molecule has 1 aromatic carbocycles. The third-order valence-corrected chi connectivity index (χ3v) is 2.54. The van der Waals surface area contributed by atoms with Crippen molar-refractivity contribution in [3.05, 3.63) is 41.3 Å². The summed E-state index contributed by atoms with van der Waals surface area (Å²) in [6, 6.07) is 9.18. The summed E-state index contributed by atoms with van der Waals surface area (Å²) in [6.07, 6.45) is 1.50. The molecular formula is C10H13NaO3S. The molecule has 0 aliphatic heterocycles. The van der Waals surface area contributed by atoms with Gasteiger partial charge in [0.25, 0.3) is 10.1 Å². The van der Waals surface area contributed by atoms with Gasteiger partial charge in [-0.15, -0.1) is 0 Å². The average Bonchev–Trinajstić information content (AvgIpc) is 2.17. The van der Waals surface area contributed by atoms with Crippen LogP contribution in [0.5, 0.6) is 0 Å². The van der Waals surface area contributed by atoms with Gasteiger partial charge in [0.15, 0.2) is 0 Å². The maximum atomic E-state index is 11.1. The Balaban J connectivity index is 0. The van der Waals surface area contributed by atoms with Gasteiger partial charge in [-0.3, -0.25) is 4.18 Å². The first kappa shape index (κ1) is 14.9. The van der Waals surface area contributed by atoms with Crippen LogP contribution in [0.3, 0.4) is 0 Å². The summed E-state index contributed by atoms with van der Waals surface area (Å²) in [5.41, 5.74) is 0.829. The molecule has 15 heavy (non-hydrogen) atoms. The van der Waals surface area contributed by atoms with E-state index >= 15 is 0 Å². The molecule has 0 amide bonds. The topological polar surface area (TPSA) is 43.4 Å². The minimum absolute atomic E-state index is 0. The van der Waals surface area contributed by atoms with E-state index in [1.807, 2.05) is 30.3 Å². The molecule has 0 aliphatic rings. The van der Waals surface area contributed by atoms with Crippen LogP contribution in [0.4, 0.5) is 0 Å². The van der Waals surface area contributed by atoms with E-state index in [2.05, 4.69) is 4.18 Å². The van der Waals surface area contributed by atoms with Crippen molar-refractivity contribution < 1.29 is 43.6 Å².